The quantitative estimate of drug-likeness (QED) is 0.268. The number of ether oxygens (including phenoxy) is 1. The van der Waals surface area contributed by atoms with Gasteiger partial charge in [-0.15, -0.1) is 0 Å². The fraction of sp³-hybridized carbons (Fsp3) is 0.600. The van der Waals surface area contributed by atoms with Gasteiger partial charge in [0, 0.05) is 12.2 Å². The van der Waals surface area contributed by atoms with E-state index in [-0.39, 0.29) is 17.9 Å². The first-order valence-corrected chi connectivity index (χ1v) is 8.30. The van der Waals surface area contributed by atoms with E-state index in [0.29, 0.717) is 18.6 Å². The molecule has 0 saturated carbocycles. The fourth-order valence-electron chi connectivity index (χ4n) is 2.51. The van der Waals surface area contributed by atoms with Gasteiger partial charge in [0.2, 0.25) is 0 Å². The third kappa shape index (κ3) is 3.61. The Balaban J connectivity index is 2.24. The van der Waals surface area contributed by atoms with E-state index in [9.17, 15) is 9.90 Å². The highest BCUT2D eigenvalue weighted by Crippen LogP contribution is 2.40. The summed E-state index contributed by atoms with van der Waals surface area (Å²) in [5, 5.41) is 14.3. The number of thioether (sulfide) groups is 1. The average Bonchev–Trinajstić information content (AvgIpc) is 2.86. The molecule has 0 aliphatic carbocycles. The van der Waals surface area contributed by atoms with Crippen LogP contribution in [0.15, 0.2) is 29.1 Å². The first-order valence-electron chi connectivity index (χ1n) is 7.15. The summed E-state index contributed by atoms with van der Waals surface area (Å²) in [6.45, 7) is 5.78. The molecule has 0 radical (unpaired) electrons. The molecule has 0 aromatic carbocycles. The van der Waals surface area contributed by atoms with Crippen LogP contribution in [0.4, 0.5) is 0 Å². The summed E-state index contributed by atoms with van der Waals surface area (Å²) in [6, 6.07) is 0. The van der Waals surface area contributed by atoms with E-state index in [0.717, 1.165) is 24.3 Å². The monoisotopic (exact) mass is 311 g/mol. The van der Waals surface area contributed by atoms with Crippen LogP contribution in [0.1, 0.15) is 32.6 Å². The van der Waals surface area contributed by atoms with Crippen molar-refractivity contribution in [3.63, 3.8) is 0 Å². The third-order valence-corrected chi connectivity index (χ3v) is 4.72. The Morgan fingerprint density at radius 2 is 2.48 bits per heavy atom. The number of rotatable bonds is 6. The summed E-state index contributed by atoms with van der Waals surface area (Å²) in [7, 11) is 0. The van der Waals surface area contributed by atoms with Crippen molar-refractivity contribution < 1.29 is 19.5 Å². The van der Waals surface area contributed by atoms with Gasteiger partial charge in [-0.25, -0.2) is 4.79 Å². The van der Waals surface area contributed by atoms with E-state index in [4.69, 9.17) is 9.57 Å². The van der Waals surface area contributed by atoms with Gasteiger partial charge in [-0.3, -0.25) is 0 Å². The molecule has 2 heterocycles. The number of oxime groups is 1. The Bertz CT molecular complexity index is 478. The number of carbonyl (C=O) groups excluding carboxylic acids is 1. The molecule has 2 aliphatic heterocycles. The normalized spacial score (nSPS) is 26.1. The zero-order valence-corrected chi connectivity index (χ0v) is 13.1. The van der Waals surface area contributed by atoms with Crippen LogP contribution < -0.4 is 0 Å². The number of aliphatic hydroxyl groups excluding tert-OH is 1. The molecule has 116 valence electrons. The predicted molar refractivity (Wildman–Crippen MR) is 83.5 cm³/mol. The Labute approximate surface area is 129 Å². The van der Waals surface area contributed by atoms with Crippen molar-refractivity contribution in [2.45, 2.75) is 38.2 Å². The van der Waals surface area contributed by atoms with Crippen molar-refractivity contribution in [2.24, 2.45) is 5.16 Å². The smallest absolute Gasteiger partial charge is 0.344 e. The summed E-state index contributed by atoms with van der Waals surface area (Å²) >= 11 is 1.74. The zero-order chi connectivity index (χ0) is 15.3. The second-order valence-electron chi connectivity index (χ2n) is 5.25. The lowest BCUT2D eigenvalue weighted by atomic mass is 9.90. The molecule has 0 bridgehead atoms. The summed E-state index contributed by atoms with van der Waals surface area (Å²) in [4.78, 5) is 17.4. The van der Waals surface area contributed by atoms with Crippen molar-refractivity contribution in [3.8, 4) is 0 Å². The minimum absolute atomic E-state index is 0.0724. The first-order chi connectivity index (χ1) is 10.1. The fourth-order valence-corrected chi connectivity index (χ4v) is 3.85. The number of aliphatic hydroxyl groups is 1. The lowest BCUT2D eigenvalue weighted by Gasteiger charge is -2.33. The van der Waals surface area contributed by atoms with Crippen LogP contribution in [-0.2, 0) is 14.4 Å². The van der Waals surface area contributed by atoms with E-state index in [1.54, 1.807) is 17.8 Å². The highest BCUT2D eigenvalue weighted by atomic mass is 32.2. The van der Waals surface area contributed by atoms with Crippen LogP contribution in [0.2, 0.25) is 0 Å². The van der Waals surface area contributed by atoms with E-state index < -0.39 is 11.6 Å². The van der Waals surface area contributed by atoms with Gasteiger partial charge in [0.25, 0.3) is 0 Å². The molecule has 1 N–H and O–H groups in total. The Kier molecular flexibility index (Phi) is 5.33. The molecular formula is C15H21NO4S. The number of nitrogens with zero attached hydrogens (tertiary/aromatic N) is 1. The molecule has 1 fully saturated rings. The molecule has 21 heavy (non-hydrogen) atoms. The van der Waals surface area contributed by atoms with Crippen molar-refractivity contribution in [1.29, 1.82) is 0 Å². The maximum atomic E-state index is 12.3. The lowest BCUT2D eigenvalue weighted by molar-refractivity contribution is -0.155. The lowest BCUT2D eigenvalue weighted by Crippen LogP contribution is -2.41. The summed E-state index contributed by atoms with van der Waals surface area (Å²) < 4.78 is 5.62. The highest BCUT2D eigenvalue weighted by molar-refractivity contribution is 7.99. The zero-order valence-electron chi connectivity index (χ0n) is 12.3. The SMILES string of the molecule is C=CCON=C(CCC)C1=C(O)CC2(CCSC2)OC1=O. The molecule has 1 atom stereocenters. The van der Waals surface area contributed by atoms with E-state index in [1.807, 2.05) is 6.92 Å². The molecule has 1 saturated heterocycles. The second-order valence-corrected chi connectivity index (χ2v) is 6.35. The maximum absolute atomic E-state index is 12.3. The number of carbonyl (C=O) groups is 1. The molecule has 2 aliphatic rings. The van der Waals surface area contributed by atoms with Crippen LogP contribution in [-0.4, -0.2) is 40.5 Å². The largest absolute Gasteiger partial charge is 0.511 e. The van der Waals surface area contributed by atoms with Crippen molar-refractivity contribution in [3.05, 3.63) is 24.0 Å². The van der Waals surface area contributed by atoms with Crippen molar-refractivity contribution in [1.82, 2.24) is 0 Å². The molecule has 1 unspecified atom stereocenters. The Morgan fingerprint density at radius 1 is 1.67 bits per heavy atom. The molecule has 0 aromatic rings. The van der Waals surface area contributed by atoms with Gasteiger partial charge >= 0.3 is 5.97 Å². The summed E-state index contributed by atoms with van der Waals surface area (Å²) in [5.74, 6) is 1.27. The van der Waals surface area contributed by atoms with Gasteiger partial charge in [0.1, 0.15) is 23.5 Å². The maximum Gasteiger partial charge on any atom is 0.344 e. The van der Waals surface area contributed by atoms with Gasteiger partial charge in [0.15, 0.2) is 0 Å². The molecular weight excluding hydrogens is 290 g/mol. The number of esters is 1. The highest BCUT2D eigenvalue weighted by Gasteiger charge is 2.45. The first kappa shape index (κ1) is 15.9. The van der Waals surface area contributed by atoms with Crippen molar-refractivity contribution in [2.75, 3.05) is 18.1 Å². The van der Waals surface area contributed by atoms with E-state index >= 15 is 0 Å². The number of hydrogen-bond acceptors (Lipinski definition) is 6. The van der Waals surface area contributed by atoms with Gasteiger partial charge in [-0.1, -0.05) is 31.2 Å². The molecule has 0 aromatic heterocycles. The second kappa shape index (κ2) is 7.02. The summed E-state index contributed by atoms with van der Waals surface area (Å²) in [6.07, 6.45) is 4.07. The van der Waals surface area contributed by atoms with Crippen LogP contribution >= 0.6 is 11.8 Å². The van der Waals surface area contributed by atoms with Crippen LogP contribution in [0.5, 0.6) is 0 Å². The van der Waals surface area contributed by atoms with Crippen LogP contribution in [0.25, 0.3) is 0 Å². The molecule has 0 amide bonds. The summed E-state index contributed by atoms with van der Waals surface area (Å²) in [5.41, 5.74) is 0.0834. The van der Waals surface area contributed by atoms with E-state index in [1.165, 1.54) is 0 Å². The average molecular weight is 311 g/mol. The minimum atomic E-state index is -0.533. The van der Waals surface area contributed by atoms with Crippen molar-refractivity contribution >= 4 is 23.4 Å². The third-order valence-electron chi connectivity index (χ3n) is 3.50. The van der Waals surface area contributed by atoms with Crippen LogP contribution in [0.3, 0.4) is 0 Å². The van der Waals surface area contributed by atoms with Gasteiger partial charge in [-0.05, 0) is 18.6 Å². The molecule has 5 nitrogen and oxygen atoms in total. The topological polar surface area (TPSA) is 68.1 Å². The molecule has 6 heteroatoms. The Hall–Kier alpha value is -1.43. The van der Waals surface area contributed by atoms with Gasteiger partial charge in [0.05, 0.1) is 5.71 Å². The Morgan fingerprint density at radius 3 is 3.05 bits per heavy atom. The van der Waals surface area contributed by atoms with Gasteiger partial charge in [-0.2, -0.15) is 11.8 Å². The predicted octanol–water partition coefficient (Wildman–Crippen LogP) is 2.98. The van der Waals surface area contributed by atoms with Crippen LogP contribution in [0, 0.1) is 0 Å². The minimum Gasteiger partial charge on any atom is -0.511 e. The molecule has 2 rings (SSSR count). The van der Waals surface area contributed by atoms with Gasteiger partial charge < -0.3 is 14.7 Å². The van der Waals surface area contributed by atoms with E-state index in [2.05, 4.69) is 11.7 Å². The number of hydrogen-bond donors (Lipinski definition) is 1. The molecule has 1 spiro atoms. The standard InChI is InChI=1S/C15H21NO4S/c1-3-5-11(16-19-7-4-2)13-12(17)9-15(20-14(13)18)6-8-21-10-15/h4,17H,2-3,5-10H2,1H3.